The van der Waals surface area contributed by atoms with Gasteiger partial charge in [-0.05, 0) is 56.3 Å². The Morgan fingerprint density at radius 1 is 1.16 bits per heavy atom. The third kappa shape index (κ3) is 2.86. The van der Waals surface area contributed by atoms with Crippen LogP contribution in [0.2, 0.25) is 0 Å². The van der Waals surface area contributed by atoms with Crippen molar-refractivity contribution in [3.05, 3.63) is 38.2 Å². The molecule has 8 nitrogen and oxygen atoms in total. The average Bonchev–Trinajstić information content (AvgIpc) is 2.91. The fourth-order valence-electron chi connectivity index (χ4n) is 4.05. The third-order valence-corrected chi connectivity index (χ3v) is 5.43. The molecule has 2 aromatic rings. The Balaban J connectivity index is 1.66. The molecule has 2 saturated heterocycles. The van der Waals surface area contributed by atoms with E-state index in [0.29, 0.717) is 35.9 Å². The van der Waals surface area contributed by atoms with Crippen LogP contribution in [-0.4, -0.2) is 51.9 Å². The number of rotatable bonds is 1. The highest BCUT2D eigenvalue weighted by molar-refractivity contribution is 5.95. The van der Waals surface area contributed by atoms with Gasteiger partial charge in [-0.25, -0.2) is 9.78 Å². The Bertz CT molecular complexity index is 933. The van der Waals surface area contributed by atoms with Gasteiger partial charge in [-0.2, -0.15) is 0 Å². The van der Waals surface area contributed by atoms with Crippen LogP contribution >= 0.6 is 0 Å². The Kier molecular flexibility index (Phi) is 3.91. The maximum absolute atomic E-state index is 12.9. The van der Waals surface area contributed by atoms with Gasteiger partial charge in [0.1, 0.15) is 11.3 Å². The molecule has 0 bridgehead atoms. The lowest BCUT2D eigenvalue weighted by Gasteiger charge is -2.20. The Morgan fingerprint density at radius 2 is 1.84 bits per heavy atom. The lowest BCUT2D eigenvalue weighted by molar-refractivity contribution is 0.0753. The number of likely N-dealkylation sites (tertiary alicyclic amines) is 1. The molecule has 2 atom stereocenters. The summed E-state index contributed by atoms with van der Waals surface area (Å²) in [6, 6.07) is 1.63. The van der Waals surface area contributed by atoms with Crippen LogP contribution in [0.1, 0.15) is 28.9 Å². The van der Waals surface area contributed by atoms with E-state index in [-0.39, 0.29) is 17.2 Å². The van der Waals surface area contributed by atoms with E-state index in [0.717, 1.165) is 25.9 Å². The lowest BCUT2D eigenvalue weighted by Crippen LogP contribution is -2.33. The van der Waals surface area contributed by atoms with Gasteiger partial charge in [0.2, 0.25) is 0 Å². The summed E-state index contributed by atoms with van der Waals surface area (Å²) in [7, 11) is 0. The fourth-order valence-corrected chi connectivity index (χ4v) is 4.05. The van der Waals surface area contributed by atoms with Crippen LogP contribution in [0.25, 0.3) is 11.0 Å². The molecule has 0 spiro atoms. The second-order valence-corrected chi connectivity index (χ2v) is 7.00. The second-order valence-electron chi connectivity index (χ2n) is 7.00. The van der Waals surface area contributed by atoms with Crippen molar-refractivity contribution in [1.82, 2.24) is 25.2 Å². The van der Waals surface area contributed by atoms with E-state index in [4.69, 9.17) is 0 Å². The molecule has 0 saturated carbocycles. The Labute approximate surface area is 143 Å². The number of fused-ring (bicyclic) bond motifs is 2. The molecule has 0 unspecified atom stereocenters. The third-order valence-electron chi connectivity index (χ3n) is 5.43. The quantitative estimate of drug-likeness (QED) is 0.674. The van der Waals surface area contributed by atoms with E-state index in [2.05, 4.69) is 20.3 Å². The van der Waals surface area contributed by atoms with Crippen LogP contribution in [0, 0.1) is 18.8 Å². The van der Waals surface area contributed by atoms with Crippen LogP contribution in [0.3, 0.4) is 0 Å². The number of H-pyrrole nitrogens is 2. The largest absolute Gasteiger partial charge is 0.337 e. The molecule has 25 heavy (non-hydrogen) atoms. The molecule has 0 aromatic carbocycles. The summed E-state index contributed by atoms with van der Waals surface area (Å²) in [6.45, 7) is 5.24. The van der Waals surface area contributed by atoms with Gasteiger partial charge in [0, 0.05) is 13.1 Å². The van der Waals surface area contributed by atoms with Crippen molar-refractivity contribution in [2.45, 2.75) is 19.8 Å². The van der Waals surface area contributed by atoms with Gasteiger partial charge < -0.3 is 10.2 Å². The summed E-state index contributed by atoms with van der Waals surface area (Å²) >= 11 is 0. The van der Waals surface area contributed by atoms with Crippen molar-refractivity contribution in [2.75, 3.05) is 26.2 Å². The number of hydrogen-bond acceptors (Lipinski definition) is 5. The smallest absolute Gasteiger partial charge is 0.327 e. The minimum Gasteiger partial charge on any atom is -0.337 e. The number of pyridine rings is 1. The van der Waals surface area contributed by atoms with Crippen molar-refractivity contribution in [1.29, 1.82) is 0 Å². The van der Waals surface area contributed by atoms with Crippen molar-refractivity contribution in [3.8, 4) is 0 Å². The van der Waals surface area contributed by atoms with E-state index in [1.54, 1.807) is 13.0 Å². The normalized spacial score (nSPS) is 23.5. The molecule has 8 heteroatoms. The highest BCUT2D eigenvalue weighted by Gasteiger charge is 2.32. The first-order valence-electron chi connectivity index (χ1n) is 8.67. The molecule has 4 rings (SSSR count). The molecule has 2 fully saturated rings. The van der Waals surface area contributed by atoms with Crippen molar-refractivity contribution in [3.63, 3.8) is 0 Å². The maximum atomic E-state index is 12.9. The number of carbonyl (C=O) groups excluding carboxylic acids is 1. The first-order chi connectivity index (χ1) is 12.0. The van der Waals surface area contributed by atoms with Gasteiger partial charge in [-0.3, -0.25) is 19.6 Å². The van der Waals surface area contributed by atoms with Crippen molar-refractivity contribution >= 4 is 16.9 Å². The van der Waals surface area contributed by atoms with Crippen LogP contribution in [-0.2, 0) is 0 Å². The molecule has 3 N–H and O–H groups in total. The monoisotopic (exact) mass is 343 g/mol. The predicted octanol–water partition coefficient (Wildman–Crippen LogP) is -0.00858. The zero-order valence-corrected chi connectivity index (χ0v) is 14.1. The molecule has 132 valence electrons. The van der Waals surface area contributed by atoms with Gasteiger partial charge in [-0.1, -0.05) is 0 Å². The lowest BCUT2D eigenvalue weighted by atomic mass is 9.92. The molecule has 0 aliphatic carbocycles. The number of aromatic amines is 2. The highest BCUT2D eigenvalue weighted by Crippen LogP contribution is 2.27. The molecule has 2 aromatic heterocycles. The van der Waals surface area contributed by atoms with E-state index in [1.165, 1.54) is 0 Å². The van der Waals surface area contributed by atoms with Crippen molar-refractivity contribution in [2.24, 2.45) is 11.8 Å². The summed E-state index contributed by atoms with van der Waals surface area (Å²) in [5.74, 6) is 1.14. The van der Waals surface area contributed by atoms with Crippen LogP contribution in [0.5, 0.6) is 0 Å². The topological polar surface area (TPSA) is 111 Å². The number of aryl methyl sites for hydroxylation is 1. The van der Waals surface area contributed by atoms with Crippen LogP contribution in [0.15, 0.2) is 15.7 Å². The molecule has 0 radical (unpaired) electrons. The number of nitrogens with one attached hydrogen (secondary N) is 3. The molecule has 1 amide bonds. The standard InChI is InChI=1S/C17H21N5O3/c1-9-6-12(19-14-13(9)15(23)21-17(25)20-14)16(24)22-4-2-10-7-18-8-11(10)3-5-22/h6,10-11,18H,2-5,7-8H2,1H3,(H2,19,20,21,23,25)/t10-,11+. The molecule has 4 heterocycles. The van der Waals surface area contributed by atoms with Gasteiger partial charge in [0.15, 0.2) is 0 Å². The summed E-state index contributed by atoms with van der Waals surface area (Å²) in [6.07, 6.45) is 1.99. The summed E-state index contributed by atoms with van der Waals surface area (Å²) in [5, 5.41) is 3.74. The minimum absolute atomic E-state index is 0.140. The van der Waals surface area contributed by atoms with E-state index in [1.807, 2.05) is 4.90 Å². The van der Waals surface area contributed by atoms with Gasteiger partial charge in [-0.15, -0.1) is 0 Å². The first-order valence-corrected chi connectivity index (χ1v) is 8.67. The fraction of sp³-hybridized carbons (Fsp3) is 0.529. The SMILES string of the molecule is Cc1cc(C(=O)N2CC[C@@H]3CNC[C@@H]3CC2)nc2[nH]c(=O)[nH]c(=O)c12. The van der Waals surface area contributed by atoms with E-state index in [9.17, 15) is 14.4 Å². The van der Waals surface area contributed by atoms with Gasteiger partial charge in [0.05, 0.1) is 5.39 Å². The summed E-state index contributed by atoms with van der Waals surface area (Å²) in [5.41, 5.74) is -0.0480. The number of carbonyl (C=O) groups is 1. The van der Waals surface area contributed by atoms with Crippen LogP contribution < -0.4 is 16.6 Å². The number of hydrogen-bond donors (Lipinski definition) is 3. The predicted molar refractivity (Wildman–Crippen MR) is 92.7 cm³/mol. The maximum Gasteiger partial charge on any atom is 0.327 e. The van der Waals surface area contributed by atoms with Crippen LogP contribution in [0.4, 0.5) is 0 Å². The zero-order valence-electron chi connectivity index (χ0n) is 14.1. The Hall–Kier alpha value is -2.48. The molecule has 2 aliphatic rings. The van der Waals surface area contributed by atoms with Gasteiger partial charge >= 0.3 is 5.69 Å². The van der Waals surface area contributed by atoms with Crippen molar-refractivity contribution < 1.29 is 4.79 Å². The first kappa shape index (κ1) is 16.0. The van der Waals surface area contributed by atoms with E-state index < -0.39 is 11.2 Å². The second kappa shape index (κ2) is 6.11. The minimum atomic E-state index is -0.621. The molecule has 2 aliphatic heterocycles. The average molecular weight is 343 g/mol. The van der Waals surface area contributed by atoms with E-state index >= 15 is 0 Å². The summed E-state index contributed by atoms with van der Waals surface area (Å²) < 4.78 is 0. The zero-order chi connectivity index (χ0) is 17.6. The number of aromatic nitrogens is 3. The molecular formula is C17H21N5O3. The Morgan fingerprint density at radius 3 is 2.52 bits per heavy atom. The molecular weight excluding hydrogens is 322 g/mol. The van der Waals surface area contributed by atoms with Gasteiger partial charge in [0.25, 0.3) is 11.5 Å². The summed E-state index contributed by atoms with van der Waals surface area (Å²) in [4.78, 5) is 47.2. The number of amides is 1. The highest BCUT2D eigenvalue weighted by atomic mass is 16.2. The number of nitrogens with zero attached hydrogens (tertiary/aromatic N) is 2.